The van der Waals surface area contributed by atoms with Crippen molar-refractivity contribution in [1.82, 2.24) is 10.2 Å². The Morgan fingerprint density at radius 3 is 2.66 bits per heavy atom. The minimum absolute atomic E-state index is 0.00483. The van der Waals surface area contributed by atoms with E-state index in [0.717, 1.165) is 51.0 Å². The second-order valence-electron chi connectivity index (χ2n) is 9.47. The van der Waals surface area contributed by atoms with E-state index in [4.69, 9.17) is 9.47 Å². The first-order valence-corrected chi connectivity index (χ1v) is 12.2. The summed E-state index contributed by atoms with van der Waals surface area (Å²) in [7, 11) is 0. The number of fused-ring (bicyclic) bond motifs is 1. The highest BCUT2D eigenvalue weighted by atomic mass is 16.5. The van der Waals surface area contributed by atoms with Crippen LogP contribution in [-0.4, -0.2) is 49.3 Å². The van der Waals surface area contributed by atoms with E-state index in [1.54, 1.807) is 0 Å². The molecule has 2 saturated heterocycles. The number of likely N-dealkylation sites (tertiary alicyclic amines) is 1. The number of carbonyl (C=O) groups is 1. The van der Waals surface area contributed by atoms with Gasteiger partial charge < -0.3 is 14.8 Å². The second-order valence-corrected chi connectivity index (χ2v) is 9.47. The van der Waals surface area contributed by atoms with Gasteiger partial charge in [-0.25, -0.2) is 0 Å². The Balaban J connectivity index is 1.12. The minimum atomic E-state index is -0.00483. The van der Waals surface area contributed by atoms with Gasteiger partial charge in [0, 0.05) is 24.8 Å². The Labute approximate surface area is 191 Å². The molecule has 3 aliphatic rings. The molecule has 2 aromatic carbocycles. The predicted octanol–water partition coefficient (Wildman–Crippen LogP) is 4.13. The third kappa shape index (κ3) is 5.33. The molecular weight excluding hydrogens is 400 g/mol. The number of nitrogens with zero attached hydrogens (tertiary/aromatic N) is 1. The molecule has 0 radical (unpaired) electrons. The van der Waals surface area contributed by atoms with Crippen LogP contribution in [0.4, 0.5) is 0 Å². The van der Waals surface area contributed by atoms with Crippen LogP contribution in [0.1, 0.15) is 59.2 Å². The first-order chi connectivity index (χ1) is 15.7. The molecule has 0 saturated carbocycles. The van der Waals surface area contributed by atoms with Crippen LogP contribution in [0.2, 0.25) is 0 Å². The van der Waals surface area contributed by atoms with Crippen molar-refractivity contribution in [3.63, 3.8) is 0 Å². The summed E-state index contributed by atoms with van der Waals surface area (Å²) in [6.45, 7) is 4.94. The zero-order chi connectivity index (χ0) is 21.8. The summed E-state index contributed by atoms with van der Waals surface area (Å²) < 4.78 is 11.4. The molecule has 32 heavy (non-hydrogen) atoms. The van der Waals surface area contributed by atoms with E-state index in [2.05, 4.69) is 28.4 Å². The first-order valence-electron chi connectivity index (χ1n) is 12.2. The molecule has 1 aliphatic carbocycles. The summed E-state index contributed by atoms with van der Waals surface area (Å²) in [5.41, 5.74) is 4.95. The van der Waals surface area contributed by atoms with Crippen molar-refractivity contribution in [1.29, 1.82) is 0 Å². The maximum absolute atomic E-state index is 12.8. The lowest BCUT2D eigenvalue weighted by atomic mass is 9.87. The lowest BCUT2D eigenvalue weighted by Crippen LogP contribution is -2.38. The molecule has 2 fully saturated rings. The van der Waals surface area contributed by atoms with Crippen LogP contribution in [0.3, 0.4) is 0 Å². The van der Waals surface area contributed by atoms with Crippen molar-refractivity contribution in [3.8, 4) is 5.75 Å². The number of aryl methyl sites for hydroxylation is 1. The Kier molecular flexibility index (Phi) is 6.75. The summed E-state index contributed by atoms with van der Waals surface area (Å²) in [6.07, 6.45) is 7.97. The van der Waals surface area contributed by atoms with Gasteiger partial charge in [-0.2, -0.15) is 0 Å². The molecule has 5 nitrogen and oxygen atoms in total. The maximum atomic E-state index is 12.8. The highest BCUT2D eigenvalue weighted by molar-refractivity contribution is 5.94. The van der Waals surface area contributed by atoms with Crippen molar-refractivity contribution in [2.45, 2.75) is 63.6 Å². The molecule has 2 aliphatic heterocycles. The normalized spacial score (nSPS) is 23.1. The van der Waals surface area contributed by atoms with Crippen molar-refractivity contribution in [2.24, 2.45) is 0 Å². The molecule has 0 aromatic heterocycles. The van der Waals surface area contributed by atoms with E-state index in [0.29, 0.717) is 12.2 Å². The Bertz CT molecular complexity index is 915. The van der Waals surface area contributed by atoms with Gasteiger partial charge in [-0.05, 0) is 99.0 Å². The highest BCUT2D eigenvalue weighted by Crippen LogP contribution is 2.25. The van der Waals surface area contributed by atoms with Crippen LogP contribution in [-0.2, 0) is 24.1 Å². The van der Waals surface area contributed by atoms with Crippen LogP contribution in [0, 0.1) is 0 Å². The van der Waals surface area contributed by atoms with E-state index in [1.165, 1.54) is 42.6 Å². The van der Waals surface area contributed by atoms with Crippen LogP contribution in [0.25, 0.3) is 0 Å². The van der Waals surface area contributed by atoms with Crippen LogP contribution < -0.4 is 10.1 Å². The van der Waals surface area contributed by atoms with Crippen molar-refractivity contribution < 1.29 is 14.3 Å². The van der Waals surface area contributed by atoms with Crippen molar-refractivity contribution in [3.05, 3.63) is 64.7 Å². The molecule has 170 valence electrons. The smallest absolute Gasteiger partial charge is 0.251 e. The van der Waals surface area contributed by atoms with Crippen LogP contribution in [0.15, 0.2) is 42.5 Å². The summed E-state index contributed by atoms with van der Waals surface area (Å²) in [4.78, 5) is 15.3. The standard InChI is InChI=1S/C27H34N2O3/c30-27(21-8-11-25(12-9-21)32-19-26-4-3-15-31-26)28-24-10-7-22-16-20(5-6-23(22)17-24)18-29-13-1-2-14-29/h5-6,8-9,11-12,16,24,26H,1-4,7,10,13-15,17-19H2,(H,28,30)/t24-,26-/m0/s1. The molecule has 0 bridgehead atoms. The summed E-state index contributed by atoms with van der Waals surface area (Å²) in [5, 5.41) is 3.24. The molecule has 1 N–H and O–H groups in total. The molecule has 2 atom stereocenters. The molecule has 2 heterocycles. The number of nitrogens with one attached hydrogen (secondary N) is 1. The van der Waals surface area contributed by atoms with Gasteiger partial charge in [-0.15, -0.1) is 0 Å². The van der Waals surface area contributed by atoms with Crippen molar-refractivity contribution in [2.75, 3.05) is 26.3 Å². The maximum Gasteiger partial charge on any atom is 0.251 e. The monoisotopic (exact) mass is 434 g/mol. The SMILES string of the molecule is O=C(N[C@H]1CCc2cc(CN3CCCC3)ccc2C1)c1ccc(OC[C@@H]2CCCO2)cc1. The van der Waals surface area contributed by atoms with Gasteiger partial charge in [0.05, 0.1) is 6.10 Å². The van der Waals surface area contributed by atoms with Gasteiger partial charge in [-0.3, -0.25) is 9.69 Å². The van der Waals surface area contributed by atoms with Gasteiger partial charge in [0.25, 0.3) is 5.91 Å². The lowest BCUT2D eigenvalue weighted by Gasteiger charge is -2.26. The van der Waals surface area contributed by atoms with E-state index >= 15 is 0 Å². The van der Waals surface area contributed by atoms with E-state index in [1.807, 2.05) is 24.3 Å². The van der Waals surface area contributed by atoms with Crippen LogP contribution in [0.5, 0.6) is 5.75 Å². The zero-order valence-corrected chi connectivity index (χ0v) is 18.9. The number of amides is 1. The molecule has 0 spiro atoms. The number of carbonyl (C=O) groups excluding carboxylic acids is 1. The quantitative estimate of drug-likeness (QED) is 0.712. The molecule has 1 amide bonds. The van der Waals surface area contributed by atoms with Crippen LogP contribution >= 0.6 is 0 Å². The van der Waals surface area contributed by atoms with E-state index in [-0.39, 0.29) is 18.1 Å². The topological polar surface area (TPSA) is 50.8 Å². The van der Waals surface area contributed by atoms with Crippen molar-refractivity contribution >= 4 is 5.91 Å². The van der Waals surface area contributed by atoms with Gasteiger partial charge in [0.15, 0.2) is 0 Å². The third-order valence-electron chi connectivity index (χ3n) is 7.02. The number of hydrogen-bond acceptors (Lipinski definition) is 4. The molecule has 5 rings (SSSR count). The summed E-state index contributed by atoms with van der Waals surface area (Å²) in [6, 6.07) is 14.6. The number of benzene rings is 2. The first kappa shape index (κ1) is 21.5. The molecular formula is C27H34N2O3. The van der Waals surface area contributed by atoms with Gasteiger partial charge in [0.1, 0.15) is 12.4 Å². The van der Waals surface area contributed by atoms with E-state index < -0.39 is 0 Å². The largest absolute Gasteiger partial charge is 0.491 e. The number of hydrogen-bond donors (Lipinski definition) is 1. The molecule has 2 aromatic rings. The number of rotatable bonds is 7. The minimum Gasteiger partial charge on any atom is -0.491 e. The third-order valence-corrected chi connectivity index (χ3v) is 7.02. The molecule has 0 unspecified atom stereocenters. The van der Waals surface area contributed by atoms with Gasteiger partial charge in [0.2, 0.25) is 0 Å². The lowest BCUT2D eigenvalue weighted by molar-refractivity contribution is 0.0679. The highest BCUT2D eigenvalue weighted by Gasteiger charge is 2.22. The fourth-order valence-corrected chi connectivity index (χ4v) is 5.17. The number of ether oxygens (including phenoxy) is 2. The molecule has 5 heteroatoms. The fraction of sp³-hybridized carbons (Fsp3) is 0.519. The van der Waals surface area contributed by atoms with Gasteiger partial charge in [-0.1, -0.05) is 18.2 Å². The van der Waals surface area contributed by atoms with Gasteiger partial charge >= 0.3 is 0 Å². The predicted molar refractivity (Wildman–Crippen MR) is 125 cm³/mol. The Morgan fingerprint density at radius 1 is 1.03 bits per heavy atom. The summed E-state index contributed by atoms with van der Waals surface area (Å²) in [5.74, 6) is 0.781. The second kappa shape index (κ2) is 10.1. The summed E-state index contributed by atoms with van der Waals surface area (Å²) >= 11 is 0. The zero-order valence-electron chi connectivity index (χ0n) is 18.9. The van der Waals surface area contributed by atoms with E-state index in [9.17, 15) is 4.79 Å². The fourth-order valence-electron chi connectivity index (χ4n) is 5.17. The average Bonchev–Trinajstić information content (AvgIpc) is 3.52. The Morgan fingerprint density at radius 2 is 1.88 bits per heavy atom. The average molecular weight is 435 g/mol. The Hall–Kier alpha value is -2.37.